The molecule has 0 atom stereocenters. The highest BCUT2D eigenvalue weighted by Gasteiger charge is 2.33. The summed E-state index contributed by atoms with van der Waals surface area (Å²) >= 11 is 0. The number of anilines is 2. The Morgan fingerprint density at radius 3 is 2.52 bits per heavy atom. The highest BCUT2D eigenvalue weighted by atomic mass is 19.4. The van der Waals surface area contributed by atoms with Gasteiger partial charge in [0.15, 0.2) is 5.69 Å². The molecule has 0 amide bonds. The van der Waals surface area contributed by atoms with E-state index in [1.807, 2.05) is 7.05 Å². The Morgan fingerprint density at radius 1 is 1.24 bits per heavy atom. The van der Waals surface area contributed by atoms with Crippen LogP contribution in [-0.2, 0) is 11.0 Å². The highest BCUT2D eigenvalue weighted by molar-refractivity contribution is 5.71. The number of aliphatic carboxylic acids is 1. The lowest BCUT2D eigenvalue weighted by Gasteiger charge is -2.32. The maximum Gasteiger partial charge on any atom is 0.433 e. The first-order chi connectivity index (χ1) is 11.7. The Kier molecular flexibility index (Phi) is 6.37. The van der Waals surface area contributed by atoms with E-state index in [1.54, 1.807) is 0 Å². The average molecular weight is 362 g/mol. The molecular formula is C14H21F3N6O2. The van der Waals surface area contributed by atoms with E-state index >= 15 is 0 Å². The van der Waals surface area contributed by atoms with Crippen molar-refractivity contribution in [2.45, 2.75) is 6.18 Å². The van der Waals surface area contributed by atoms with Crippen molar-refractivity contribution < 1.29 is 23.1 Å². The first kappa shape index (κ1) is 19.2. The molecule has 2 heterocycles. The number of aromatic nitrogens is 2. The number of carbonyl (C=O) groups is 1. The monoisotopic (exact) mass is 362 g/mol. The number of hydrogen-bond acceptors (Lipinski definition) is 7. The number of likely N-dealkylation sites (N-methyl/N-ethyl adjacent to an activating group) is 1. The van der Waals surface area contributed by atoms with Crippen molar-refractivity contribution in [3.8, 4) is 0 Å². The van der Waals surface area contributed by atoms with Crippen LogP contribution in [0.25, 0.3) is 0 Å². The van der Waals surface area contributed by atoms with Crippen LogP contribution in [0.2, 0.25) is 0 Å². The van der Waals surface area contributed by atoms with Crippen molar-refractivity contribution >= 4 is 17.7 Å². The third kappa shape index (κ3) is 6.35. The van der Waals surface area contributed by atoms with Crippen LogP contribution in [0.5, 0.6) is 0 Å². The second kappa shape index (κ2) is 8.30. The van der Waals surface area contributed by atoms with E-state index in [0.29, 0.717) is 13.1 Å². The lowest BCUT2D eigenvalue weighted by Crippen LogP contribution is -2.45. The molecule has 11 heteroatoms. The molecule has 2 rings (SSSR count). The van der Waals surface area contributed by atoms with Crippen LogP contribution in [0.4, 0.5) is 24.9 Å². The molecule has 0 bridgehead atoms. The molecule has 3 N–H and O–H groups in total. The topological polar surface area (TPSA) is 93.6 Å². The van der Waals surface area contributed by atoms with E-state index in [2.05, 4.69) is 30.4 Å². The van der Waals surface area contributed by atoms with Gasteiger partial charge in [-0.15, -0.1) is 0 Å². The van der Waals surface area contributed by atoms with E-state index in [4.69, 9.17) is 5.11 Å². The molecule has 1 saturated heterocycles. The summed E-state index contributed by atoms with van der Waals surface area (Å²) < 4.78 is 38.8. The molecule has 140 valence electrons. The van der Waals surface area contributed by atoms with Crippen LogP contribution in [0.15, 0.2) is 6.07 Å². The summed E-state index contributed by atoms with van der Waals surface area (Å²) in [6, 6.07) is 0.815. The molecule has 1 aliphatic heterocycles. The van der Waals surface area contributed by atoms with Gasteiger partial charge in [-0.2, -0.15) is 18.2 Å². The van der Waals surface area contributed by atoms with Gasteiger partial charge in [0.05, 0.1) is 0 Å². The van der Waals surface area contributed by atoms with Gasteiger partial charge < -0.3 is 20.6 Å². The number of hydrogen-bond donors (Lipinski definition) is 3. The highest BCUT2D eigenvalue weighted by Crippen LogP contribution is 2.29. The van der Waals surface area contributed by atoms with E-state index in [-0.39, 0.29) is 11.8 Å². The number of nitrogens with zero attached hydrogens (tertiary/aromatic N) is 4. The van der Waals surface area contributed by atoms with E-state index in [0.717, 1.165) is 32.2 Å². The minimum atomic E-state index is -4.64. The van der Waals surface area contributed by atoms with Crippen LogP contribution in [0.1, 0.15) is 5.69 Å². The van der Waals surface area contributed by atoms with Gasteiger partial charge in [-0.1, -0.05) is 0 Å². The van der Waals surface area contributed by atoms with Gasteiger partial charge in [-0.3, -0.25) is 9.69 Å². The molecule has 0 unspecified atom stereocenters. The van der Waals surface area contributed by atoms with Gasteiger partial charge in [0.2, 0.25) is 5.95 Å². The first-order valence-corrected chi connectivity index (χ1v) is 7.81. The molecule has 0 saturated carbocycles. The second-order valence-corrected chi connectivity index (χ2v) is 5.78. The lowest BCUT2D eigenvalue weighted by atomic mass is 10.3. The molecule has 1 fully saturated rings. The van der Waals surface area contributed by atoms with Gasteiger partial charge in [0.25, 0.3) is 0 Å². The fourth-order valence-corrected chi connectivity index (χ4v) is 2.33. The summed E-state index contributed by atoms with van der Waals surface area (Å²) in [4.78, 5) is 22.2. The second-order valence-electron chi connectivity index (χ2n) is 5.78. The summed E-state index contributed by atoms with van der Waals surface area (Å²) in [5, 5.41) is 13.7. The fourth-order valence-electron chi connectivity index (χ4n) is 2.33. The van der Waals surface area contributed by atoms with Crippen LogP contribution in [0, 0.1) is 0 Å². The number of alkyl halides is 3. The van der Waals surface area contributed by atoms with E-state index in [9.17, 15) is 18.0 Å². The third-order valence-electron chi connectivity index (χ3n) is 3.74. The Hall–Kier alpha value is -2.14. The number of halogens is 3. The summed E-state index contributed by atoms with van der Waals surface area (Å²) in [6.45, 7) is 4.25. The molecule has 0 aromatic carbocycles. The van der Waals surface area contributed by atoms with E-state index < -0.39 is 24.4 Å². The third-order valence-corrected chi connectivity index (χ3v) is 3.74. The average Bonchev–Trinajstić information content (AvgIpc) is 2.54. The Bertz CT molecular complexity index is 590. The number of piperazine rings is 1. The summed E-state index contributed by atoms with van der Waals surface area (Å²) in [7, 11) is 2.04. The predicted molar refractivity (Wildman–Crippen MR) is 85.6 cm³/mol. The molecule has 1 aromatic rings. The Morgan fingerprint density at radius 2 is 1.92 bits per heavy atom. The maximum atomic E-state index is 12.9. The molecule has 8 nitrogen and oxygen atoms in total. The molecule has 0 spiro atoms. The normalized spacial score (nSPS) is 16.6. The van der Waals surface area contributed by atoms with Crippen LogP contribution >= 0.6 is 0 Å². The van der Waals surface area contributed by atoms with Crippen molar-refractivity contribution in [1.29, 1.82) is 0 Å². The van der Waals surface area contributed by atoms with Gasteiger partial charge in [-0.05, 0) is 7.05 Å². The zero-order valence-electron chi connectivity index (χ0n) is 13.8. The molecule has 1 aliphatic rings. The number of nitrogens with one attached hydrogen (secondary N) is 2. The minimum Gasteiger partial charge on any atom is -0.480 e. The molecule has 0 radical (unpaired) electrons. The lowest BCUT2D eigenvalue weighted by molar-refractivity contribution is -0.141. The van der Waals surface area contributed by atoms with Crippen LogP contribution in [0.3, 0.4) is 0 Å². The Balaban J connectivity index is 1.97. The molecule has 25 heavy (non-hydrogen) atoms. The van der Waals surface area contributed by atoms with Gasteiger partial charge in [-0.25, -0.2) is 4.98 Å². The molecule has 0 aliphatic carbocycles. The Labute approximate surface area is 143 Å². The van der Waals surface area contributed by atoms with Gasteiger partial charge >= 0.3 is 12.1 Å². The van der Waals surface area contributed by atoms with Crippen molar-refractivity contribution in [2.75, 3.05) is 63.5 Å². The molecular weight excluding hydrogens is 341 g/mol. The number of carboxylic acid groups (broad SMARTS) is 1. The van der Waals surface area contributed by atoms with Crippen molar-refractivity contribution in [2.24, 2.45) is 0 Å². The van der Waals surface area contributed by atoms with Crippen molar-refractivity contribution in [3.63, 3.8) is 0 Å². The zero-order chi connectivity index (χ0) is 18.4. The quantitative estimate of drug-likeness (QED) is 0.651. The van der Waals surface area contributed by atoms with Crippen LogP contribution < -0.4 is 10.6 Å². The van der Waals surface area contributed by atoms with Crippen molar-refractivity contribution in [1.82, 2.24) is 19.8 Å². The number of carboxylic acids is 1. The maximum absolute atomic E-state index is 12.9. The van der Waals surface area contributed by atoms with Crippen molar-refractivity contribution in [3.05, 3.63) is 11.8 Å². The number of rotatable bonds is 7. The van der Waals surface area contributed by atoms with Gasteiger partial charge in [0, 0.05) is 45.3 Å². The standard InChI is InChI=1S/C14H21F3N6O2/c1-22-4-6-23(7-5-22)3-2-18-11-8-10(14(15,16)17)20-13(21-11)19-9-12(24)25/h8H,2-7,9H2,1H3,(H,24,25)(H2,18,19,20,21). The van der Waals surface area contributed by atoms with E-state index in [1.165, 1.54) is 0 Å². The fraction of sp³-hybridized carbons (Fsp3) is 0.643. The SMILES string of the molecule is CN1CCN(CCNc2cc(C(F)(F)F)nc(NCC(=O)O)n2)CC1. The predicted octanol–water partition coefficient (Wildman–Crippen LogP) is 0.651. The largest absolute Gasteiger partial charge is 0.480 e. The zero-order valence-corrected chi connectivity index (χ0v) is 13.8. The minimum absolute atomic E-state index is 0.00402. The van der Waals surface area contributed by atoms with Gasteiger partial charge in [0.1, 0.15) is 12.4 Å². The molecule has 1 aromatic heterocycles. The smallest absolute Gasteiger partial charge is 0.433 e. The first-order valence-electron chi connectivity index (χ1n) is 7.81. The summed E-state index contributed by atoms with van der Waals surface area (Å²) in [6.07, 6.45) is -4.64. The summed E-state index contributed by atoms with van der Waals surface area (Å²) in [5.74, 6) is -1.59. The van der Waals surface area contributed by atoms with Crippen LogP contribution in [-0.4, -0.2) is 83.7 Å². The summed E-state index contributed by atoms with van der Waals surface area (Å²) in [5.41, 5.74) is -1.13.